The fourth-order valence-electron chi connectivity index (χ4n) is 1.74. The van der Waals surface area contributed by atoms with Crippen LogP contribution in [0.15, 0.2) is 12.1 Å². The highest BCUT2D eigenvalue weighted by Crippen LogP contribution is 2.48. The molecule has 0 aliphatic heterocycles. The monoisotopic (exact) mass is 231 g/mol. The van der Waals surface area contributed by atoms with E-state index < -0.39 is 11.6 Å². The maximum Gasteiger partial charge on any atom is 0.147 e. The zero-order valence-corrected chi connectivity index (χ0v) is 8.95. The lowest BCUT2D eigenvalue weighted by molar-refractivity contribution is 0.474. The molecule has 1 nitrogen and oxygen atoms in total. The topological polar surface area (TPSA) is 26.0 Å². The Morgan fingerprint density at radius 1 is 1.33 bits per heavy atom. The molecule has 15 heavy (non-hydrogen) atoms. The highest BCUT2D eigenvalue weighted by atomic mass is 35.5. The third kappa shape index (κ3) is 1.99. The third-order valence-electron chi connectivity index (χ3n) is 3.08. The van der Waals surface area contributed by atoms with Crippen LogP contribution in [-0.4, -0.2) is 6.54 Å². The highest BCUT2D eigenvalue weighted by Gasteiger charge is 2.42. The molecule has 0 saturated heterocycles. The van der Waals surface area contributed by atoms with Crippen molar-refractivity contribution in [1.29, 1.82) is 0 Å². The molecular formula is C11H12ClF2N. The van der Waals surface area contributed by atoms with E-state index in [0.29, 0.717) is 13.0 Å². The summed E-state index contributed by atoms with van der Waals surface area (Å²) in [7, 11) is 0. The van der Waals surface area contributed by atoms with E-state index in [1.54, 1.807) is 0 Å². The van der Waals surface area contributed by atoms with Gasteiger partial charge in [0.1, 0.15) is 11.6 Å². The molecule has 0 aromatic heterocycles. The molecule has 82 valence electrons. The molecule has 0 heterocycles. The van der Waals surface area contributed by atoms with Crippen LogP contribution in [-0.2, 0) is 6.42 Å². The summed E-state index contributed by atoms with van der Waals surface area (Å²) in [6, 6.07) is 2.44. The van der Waals surface area contributed by atoms with E-state index in [-0.39, 0.29) is 16.0 Å². The fourth-order valence-corrected chi connectivity index (χ4v) is 1.91. The van der Waals surface area contributed by atoms with Gasteiger partial charge in [0.05, 0.1) is 5.02 Å². The minimum Gasteiger partial charge on any atom is -0.330 e. The van der Waals surface area contributed by atoms with Gasteiger partial charge in [0.2, 0.25) is 0 Å². The Labute approximate surface area is 92.2 Å². The van der Waals surface area contributed by atoms with Crippen LogP contribution in [0.5, 0.6) is 0 Å². The molecular weight excluding hydrogens is 220 g/mol. The Morgan fingerprint density at radius 3 is 2.53 bits per heavy atom. The minimum atomic E-state index is -0.642. The molecule has 1 fully saturated rings. The summed E-state index contributed by atoms with van der Waals surface area (Å²) in [4.78, 5) is 0. The third-order valence-corrected chi connectivity index (χ3v) is 3.37. The molecule has 0 bridgehead atoms. The summed E-state index contributed by atoms with van der Waals surface area (Å²) >= 11 is 5.61. The number of benzene rings is 1. The molecule has 1 aromatic carbocycles. The summed E-state index contributed by atoms with van der Waals surface area (Å²) in [6.45, 7) is 0.471. The van der Waals surface area contributed by atoms with Crippen molar-refractivity contribution in [3.63, 3.8) is 0 Å². The molecule has 0 atom stereocenters. The van der Waals surface area contributed by atoms with E-state index in [0.717, 1.165) is 12.8 Å². The average Bonchev–Trinajstić information content (AvgIpc) is 3.00. The van der Waals surface area contributed by atoms with Crippen LogP contribution in [0.1, 0.15) is 18.4 Å². The van der Waals surface area contributed by atoms with Gasteiger partial charge in [-0.05, 0) is 43.4 Å². The van der Waals surface area contributed by atoms with Crippen LogP contribution >= 0.6 is 11.6 Å². The molecule has 1 aliphatic carbocycles. The van der Waals surface area contributed by atoms with Crippen molar-refractivity contribution in [2.24, 2.45) is 11.1 Å². The van der Waals surface area contributed by atoms with Crippen LogP contribution in [0.4, 0.5) is 8.78 Å². The fraction of sp³-hybridized carbons (Fsp3) is 0.455. The maximum absolute atomic E-state index is 13.5. The van der Waals surface area contributed by atoms with E-state index in [2.05, 4.69) is 0 Å². The summed E-state index contributed by atoms with van der Waals surface area (Å²) in [6.07, 6.45) is 2.23. The van der Waals surface area contributed by atoms with Crippen LogP contribution in [0.25, 0.3) is 0 Å². The van der Waals surface area contributed by atoms with E-state index in [1.165, 1.54) is 12.1 Å². The van der Waals surface area contributed by atoms with Crippen molar-refractivity contribution in [2.45, 2.75) is 19.3 Å². The largest absolute Gasteiger partial charge is 0.330 e. The average molecular weight is 232 g/mol. The molecule has 0 unspecified atom stereocenters. The summed E-state index contributed by atoms with van der Waals surface area (Å²) in [5.41, 5.74) is 5.56. The quantitative estimate of drug-likeness (QED) is 0.796. The predicted octanol–water partition coefficient (Wildman–Crippen LogP) is 2.90. The lowest BCUT2D eigenvalue weighted by Gasteiger charge is -2.13. The molecule has 1 saturated carbocycles. The second-order valence-electron chi connectivity index (χ2n) is 4.20. The number of halogens is 3. The Hall–Kier alpha value is -0.670. The van der Waals surface area contributed by atoms with Crippen molar-refractivity contribution >= 4 is 11.6 Å². The van der Waals surface area contributed by atoms with Gasteiger partial charge in [-0.1, -0.05) is 11.6 Å². The minimum absolute atomic E-state index is 0.0285. The van der Waals surface area contributed by atoms with Crippen LogP contribution < -0.4 is 5.73 Å². The van der Waals surface area contributed by atoms with Crippen molar-refractivity contribution in [1.82, 2.24) is 0 Å². The number of hydrogen-bond acceptors (Lipinski definition) is 1. The predicted molar refractivity (Wildman–Crippen MR) is 55.8 cm³/mol. The van der Waals surface area contributed by atoms with Crippen molar-refractivity contribution < 1.29 is 8.78 Å². The van der Waals surface area contributed by atoms with E-state index in [4.69, 9.17) is 17.3 Å². The van der Waals surface area contributed by atoms with Gasteiger partial charge < -0.3 is 5.73 Å². The summed E-state index contributed by atoms with van der Waals surface area (Å²) in [5.74, 6) is -1.17. The molecule has 1 aromatic rings. The first kappa shape index (κ1) is 10.8. The van der Waals surface area contributed by atoms with Crippen molar-refractivity contribution in [3.05, 3.63) is 34.4 Å². The van der Waals surface area contributed by atoms with Gasteiger partial charge in [-0.3, -0.25) is 0 Å². The van der Waals surface area contributed by atoms with Gasteiger partial charge in [0.25, 0.3) is 0 Å². The molecule has 1 aliphatic rings. The Bertz CT molecular complexity index is 388. The van der Waals surface area contributed by atoms with Crippen LogP contribution in [0, 0.1) is 17.0 Å². The number of nitrogens with two attached hydrogens (primary N) is 1. The zero-order valence-electron chi connectivity index (χ0n) is 8.19. The first-order valence-electron chi connectivity index (χ1n) is 4.90. The van der Waals surface area contributed by atoms with Gasteiger partial charge in [-0.2, -0.15) is 0 Å². The van der Waals surface area contributed by atoms with Crippen molar-refractivity contribution in [3.8, 4) is 0 Å². The number of hydrogen-bond donors (Lipinski definition) is 1. The molecule has 2 rings (SSSR count). The van der Waals surface area contributed by atoms with Gasteiger partial charge in [0.15, 0.2) is 0 Å². The Kier molecular flexibility index (Phi) is 2.69. The SMILES string of the molecule is NCC1(Cc2c(F)ccc(Cl)c2F)CC1. The Morgan fingerprint density at radius 2 is 2.00 bits per heavy atom. The molecule has 0 spiro atoms. The summed E-state index contributed by atoms with van der Waals surface area (Å²) < 4.78 is 26.9. The van der Waals surface area contributed by atoms with E-state index in [9.17, 15) is 8.78 Å². The van der Waals surface area contributed by atoms with Gasteiger partial charge in [-0.25, -0.2) is 8.78 Å². The second kappa shape index (κ2) is 3.72. The standard InChI is InChI=1S/C11H12ClF2N/c12-8-1-2-9(13)7(10(8)14)5-11(6-15)3-4-11/h1-2H,3-6,15H2. The van der Waals surface area contributed by atoms with Gasteiger partial charge >= 0.3 is 0 Å². The van der Waals surface area contributed by atoms with Gasteiger partial charge in [0, 0.05) is 5.56 Å². The molecule has 2 N–H and O–H groups in total. The molecule has 4 heteroatoms. The lowest BCUT2D eigenvalue weighted by Crippen LogP contribution is -2.19. The highest BCUT2D eigenvalue weighted by molar-refractivity contribution is 6.30. The second-order valence-corrected chi connectivity index (χ2v) is 4.61. The zero-order chi connectivity index (χ0) is 11.1. The number of rotatable bonds is 3. The van der Waals surface area contributed by atoms with Crippen LogP contribution in [0.3, 0.4) is 0 Å². The first-order chi connectivity index (χ1) is 7.08. The van der Waals surface area contributed by atoms with Crippen molar-refractivity contribution in [2.75, 3.05) is 6.54 Å². The molecule has 0 amide bonds. The molecule has 0 radical (unpaired) electrons. The van der Waals surface area contributed by atoms with E-state index >= 15 is 0 Å². The Balaban J connectivity index is 2.31. The first-order valence-corrected chi connectivity index (χ1v) is 5.28. The maximum atomic E-state index is 13.5. The lowest BCUT2D eigenvalue weighted by atomic mass is 9.96. The van der Waals surface area contributed by atoms with Crippen LogP contribution in [0.2, 0.25) is 5.02 Å². The smallest absolute Gasteiger partial charge is 0.147 e. The van der Waals surface area contributed by atoms with Gasteiger partial charge in [-0.15, -0.1) is 0 Å². The normalized spacial score (nSPS) is 17.9. The van der Waals surface area contributed by atoms with E-state index in [1.807, 2.05) is 0 Å². The summed E-state index contributed by atoms with van der Waals surface area (Å²) in [5, 5.41) is -0.0285.